The fourth-order valence-electron chi connectivity index (χ4n) is 5.57. The molecule has 1 saturated carbocycles. The standard InChI is InChI=1S/C27H43ClN4O3/c1-3-30-25(33)19-35-26(21-11-7-13-23(28)16-21)22-12-8-14-32(18-22)27(34)31-24(17-29-2)15-20-9-5-4-6-10-20/h7,11,13,16,20,22,24,26,29H,3-6,8-10,12,14-15,17-19H2,1-2H3,(H,30,33)(H,31,34)/t22-,24+,26+/m1/s1. The van der Waals surface area contributed by atoms with Crippen LogP contribution in [0.5, 0.6) is 0 Å². The first-order valence-corrected chi connectivity index (χ1v) is 13.7. The van der Waals surface area contributed by atoms with Crippen molar-refractivity contribution >= 4 is 23.5 Å². The summed E-state index contributed by atoms with van der Waals surface area (Å²) in [4.78, 5) is 27.3. The highest BCUT2D eigenvalue weighted by molar-refractivity contribution is 6.30. The average molecular weight is 507 g/mol. The van der Waals surface area contributed by atoms with E-state index in [1.807, 2.05) is 43.1 Å². The second kappa shape index (κ2) is 14.7. The number of nitrogens with zero attached hydrogens (tertiary/aromatic N) is 1. The maximum absolute atomic E-state index is 13.3. The minimum absolute atomic E-state index is 0.000621. The molecule has 7 nitrogen and oxygen atoms in total. The van der Waals surface area contributed by atoms with Crippen molar-refractivity contribution in [2.24, 2.45) is 11.8 Å². The van der Waals surface area contributed by atoms with E-state index in [1.165, 1.54) is 32.1 Å². The van der Waals surface area contributed by atoms with E-state index >= 15 is 0 Å². The molecule has 0 unspecified atom stereocenters. The fraction of sp³-hybridized carbons (Fsp3) is 0.704. The highest BCUT2D eigenvalue weighted by Crippen LogP contribution is 2.34. The molecule has 0 spiro atoms. The number of amides is 3. The molecule has 8 heteroatoms. The van der Waals surface area contributed by atoms with Crippen LogP contribution in [0.15, 0.2) is 24.3 Å². The Hall–Kier alpha value is -1.83. The molecule has 2 aliphatic rings. The van der Waals surface area contributed by atoms with E-state index in [0.29, 0.717) is 24.0 Å². The molecule has 1 aromatic carbocycles. The molecule has 1 heterocycles. The summed E-state index contributed by atoms with van der Waals surface area (Å²) in [6.45, 7) is 4.54. The number of benzene rings is 1. The number of carbonyl (C=O) groups is 2. The minimum atomic E-state index is -0.303. The lowest BCUT2D eigenvalue weighted by molar-refractivity contribution is -0.129. The molecule has 1 aliphatic heterocycles. The van der Waals surface area contributed by atoms with Gasteiger partial charge in [0.2, 0.25) is 5.91 Å². The van der Waals surface area contributed by atoms with Crippen LogP contribution in [0.25, 0.3) is 0 Å². The lowest BCUT2D eigenvalue weighted by atomic mass is 9.85. The number of carbonyl (C=O) groups excluding carboxylic acids is 2. The van der Waals surface area contributed by atoms with Crippen LogP contribution in [-0.2, 0) is 9.53 Å². The molecule has 196 valence electrons. The molecule has 3 amide bonds. The quantitative estimate of drug-likeness (QED) is 0.412. The topological polar surface area (TPSA) is 82.7 Å². The third-order valence-electron chi connectivity index (χ3n) is 7.24. The van der Waals surface area contributed by atoms with Crippen molar-refractivity contribution in [3.05, 3.63) is 34.9 Å². The number of halogens is 1. The van der Waals surface area contributed by atoms with Gasteiger partial charge in [-0.2, -0.15) is 0 Å². The van der Waals surface area contributed by atoms with E-state index in [4.69, 9.17) is 16.3 Å². The Balaban J connectivity index is 1.64. The monoisotopic (exact) mass is 506 g/mol. The van der Waals surface area contributed by atoms with Crippen LogP contribution in [0, 0.1) is 11.8 Å². The second-order valence-electron chi connectivity index (χ2n) is 10.0. The molecular weight excluding hydrogens is 464 g/mol. The van der Waals surface area contributed by atoms with Crippen molar-refractivity contribution in [2.75, 3.05) is 39.8 Å². The van der Waals surface area contributed by atoms with Gasteiger partial charge in [-0.05, 0) is 56.8 Å². The summed E-state index contributed by atoms with van der Waals surface area (Å²) < 4.78 is 6.15. The van der Waals surface area contributed by atoms with E-state index in [9.17, 15) is 9.59 Å². The SMILES string of the molecule is CCNC(=O)CO[C@@H](c1cccc(Cl)c1)[C@@H]1CCCN(C(=O)N[C@H](CNC)CC2CCCCC2)C1. The minimum Gasteiger partial charge on any atom is -0.363 e. The summed E-state index contributed by atoms with van der Waals surface area (Å²) in [5.74, 6) is 0.650. The fourth-order valence-corrected chi connectivity index (χ4v) is 5.77. The van der Waals surface area contributed by atoms with Gasteiger partial charge in [-0.3, -0.25) is 4.79 Å². The van der Waals surface area contributed by atoms with Crippen LogP contribution in [0.2, 0.25) is 5.02 Å². The molecular formula is C27H43ClN4O3. The van der Waals surface area contributed by atoms with Crippen molar-refractivity contribution in [1.82, 2.24) is 20.9 Å². The van der Waals surface area contributed by atoms with Crippen molar-refractivity contribution in [1.29, 1.82) is 0 Å². The molecule has 0 radical (unpaired) electrons. The molecule has 0 bridgehead atoms. The number of likely N-dealkylation sites (tertiary alicyclic amines) is 1. The third kappa shape index (κ3) is 8.96. The summed E-state index contributed by atoms with van der Waals surface area (Å²) in [6.07, 6.45) is 9.05. The summed E-state index contributed by atoms with van der Waals surface area (Å²) in [5, 5.41) is 9.99. The van der Waals surface area contributed by atoms with E-state index in [-0.39, 0.29) is 36.6 Å². The predicted octanol–water partition coefficient (Wildman–Crippen LogP) is 4.51. The van der Waals surface area contributed by atoms with E-state index in [1.54, 1.807) is 0 Å². The maximum Gasteiger partial charge on any atom is 0.317 e. The van der Waals surface area contributed by atoms with Crippen molar-refractivity contribution in [2.45, 2.75) is 70.4 Å². The second-order valence-corrected chi connectivity index (χ2v) is 10.5. The Morgan fingerprint density at radius 2 is 1.97 bits per heavy atom. The highest BCUT2D eigenvalue weighted by Gasteiger charge is 2.32. The van der Waals surface area contributed by atoms with Crippen LogP contribution in [0.3, 0.4) is 0 Å². The third-order valence-corrected chi connectivity index (χ3v) is 7.47. The molecule has 1 aliphatic carbocycles. The van der Waals surface area contributed by atoms with Gasteiger partial charge >= 0.3 is 6.03 Å². The number of nitrogens with one attached hydrogen (secondary N) is 3. The van der Waals surface area contributed by atoms with Crippen molar-refractivity contribution in [3.63, 3.8) is 0 Å². The number of rotatable bonds is 11. The molecule has 1 saturated heterocycles. The Kier molecular flexibility index (Phi) is 11.6. The molecule has 2 fully saturated rings. The summed E-state index contributed by atoms with van der Waals surface area (Å²) in [5.41, 5.74) is 0.944. The van der Waals surface area contributed by atoms with E-state index < -0.39 is 0 Å². The van der Waals surface area contributed by atoms with Crippen molar-refractivity contribution in [3.8, 4) is 0 Å². The molecule has 3 atom stereocenters. The Labute approximate surface area is 215 Å². The normalized spacial score (nSPS) is 20.8. The summed E-state index contributed by atoms with van der Waals surface area (Å²) in [6, 6.07) is 7.76. The molecule has 3 rings (SSSR count). The van der Waals surface area contributed by atoms with Crippen LogP contribution in [0.4, 0.5) is 4.79 Å². The number of likely N-dealkylation sites (N-methyl/N-ethyl adjacent to an activating group) is 2. The van der Waals surface area contributed by atoms with Gasteiger partial charge in [-0.1, -0.05) is 55.8 Å². The lowest BCUT2D eigenvalue weighted by Crippen LogP contribution is -2.52. The zero-order valence-electron chi connectivity index (χ0n) is 21.4. The first-order chi connectivity index (χ1) is 17.0. The number of hydrogen-bond donors (Lipinski definition) is 3. The number of urea groups is 1. The molecule has 0 aromatic heterocycles. The van der Waals surface area contributed by atoms with Crippen LogP contribution in [-0.4, -0.2) is 62.7 Å². The van der Waals surface area contributed by atoms with Crippen LogP contribution >= 0.6 is 11.6 Å². The van der Waals surface area contributed by atoms with Gasteiger partial charge < -0.3 is 25.6 Å². The van der Waals surface area contributed by atoms with Crippen LogP contribution < -0.4 is 16.0 Å². The van der Waals surface area contributed by atoms with E-state index in [0.717, 1.165) is 37.9 Å². The maximum atomic E-state index is 13.3. The first-order valence-electron chi connectivity index (χ1n) is 13.3. The van der Waals surface area contributed by atoms with Gasteiger partial charge in [0.05, 0.1) is 6.10 Å². The first kappa shape index (κ1) is 27.8. The molecule has 3 N–H and O–H groups in total. The van der Waals surface area contributed by atoms with Gasteiger partial charge in [0.25, 0.3) is 0 Å². The molecule has 35 heavy (non-hydrogen) atoms. The van der Waals surface area contributed by atoms with Gasteiger partial charge in [0.15, 0.2) is 0 Å². The Bertz CT molecular complexity index is 802. The van der Waals surface area contributed by atoms with Gasteiger partial charge in [0.1, 0.15) is 6.61 Å². The van der Waals surface area contributed by atoms with Crippen LogP contribution in [0.1, 0.15) is 70.0 Å². The Morgan fingerprint density at radius 3 is 2.69 bits per heavy atom. The van der Waals surface area contributed by atoms with Gasteiger partial charge in [-0.15, -0.1) is 0 Å². The summed E-state index contributed by atoms with van der Waals surface area (Å²) >= 11 is 6.27. The lowest BCUT2D eigenvalue weighted by Gasteiger charge is -2.38. The predicted molar refractivity (Wildman–Crippen MR) is 141 cm³/mol. The number of ether oxygens (including phenoxy) is 1. The van der Waals surface area contributed by atoms with E-state index in [2.05, 4.69) is 16.0 Å². The number of hydrogen-bond acceptors (Lipinski definition) is 4. The smallest absolute Gasteiger partial charge is 0.317 e. The summed E-state index contributed by atoms with van der Waals surface area (Å²) in [7, 11) is 1.94. The zero-order chi connectivity index (χ0) is 25.0. The average Bonchev–Trinajstić information content (AvgIpc) is 2.85. The van der Waals surface area contributed by atoms with Crippen molar-refractivity contribution < 1.29 is 14.3 Å². The largest absolute Gasteiger partial charge is 0.363 e. The van der Waals surface area contributed by atoms with Gasteiger partial charge in [0, 0.05) is 43.2 Å². The zero-order valence-corrected chi connectivity index (χ0v) is 22.1. The highest BCUT2D eigenvalue weighted by atomic mass is 35.5. The van der Waals surface area contributed by atoms with Gasteiger partial charge in [-0.25, -0.2) is 4.79 Å². The molecule has 1 aromatic rings. The number of piperidine rings is 1. The Morgan fingerprint density at radius 1 is 1.17 bits per heavy atom.